The fourth-order valence-electron chi connectivity index (χ4n) is 1.14. The van der Waals surface area contributed by atoms with E-state index in [4.69, 9.17) is 18.0 Å². The van der Waals surface area contributed by atoms with Crippen molar-refractivity contribution < 1.29 is 4.79 Å². The smallest absolute Gasteiger partial charge is 0.229 e. The number of hydrogen-bond donors (Lipinski definition) is 2. The van der Waals surface area contributed by atoms with Gasteiger partial charge in [0.2, 0.25) is 5.91 Å². The largest absolute Gasteiger partial charge is 0.393 e. The standard InChI is InChI=1S/C11H15N3OS/c1-8(10(12)16)11(15)14-7-5-9-4-2-3-6-13-9/h2-4,6,8H,5,7H2,1H3,(H2,12,16)(H,14,15). The Hall–Kier alpha value is -1.49. The molecule has 5 heteroatoms. The van der Waals surface area contributed by atoms with E-state index in [-0.39, 0.29) is 10.9 Å². The van der Waals surface area contributed by atoms with Gasteiger partial charge in [0.15, 0.2) is 0 Å². The van der Waals surface area contributed by atoms with E-state index in [1.807, 2.05) is 18.2 Å². The second-order valence-corrected chi connectivity index (χ2v) is 3.96. The molecule has 3 N–H and O–H groups in total. The van der Waals surface area contributed by atoms with Gasteiger partial charge in [-0.15, -0.1) is 0 Å². The monoisotopic (exact) mass is 237 g/mol. The lowest BCUT2D eigenvalue weighted by Gasteiger charge is -2.10. The summed E-state index contributed by atoms with van der Waals surface area (Å²) in [6.07, 6.45) is 2.44. The Labute approximate surface area is 100 Å². The molecule has 1 heterocycles. The molecule has 1 aromatic heterocycles. The summed E-state index contributed by atoms with van der Waals surface area (Å²) in [6.45, 7) is 2.24. The van der Waals surface area contributed by atoms with Gasteiger partial charge in [-0.3, -0.25) is 9.78 Å². The van der Waals surface area contributed by atoms with Gasteiger partial charge in [-0.25, -0.2) is 0 Å². The van der Waals surface area contributed by atoms with Crippen molar-refractivity contribution in [2.75, 3.05) is 6.54 Å². The van der Waals surface area contributed by atoms with E-state index in [1.165, 1.54) is 0 Å². The van der Waals surface area contributed by atoms with Gasteiger partial charge in [0.05, 0.1) is 10.9 Å². The SMILES string of the molecule is CC(C(=O)NCCc1ccccn1)C(N)=S. The van der Waals surface area contributed by atoms with Gasteiger partial charge >= 0.3 is 0 Å². The molecule has 0 fully saturated rings. The van der Waals surface area contributed by atoms with Crippen LogP contribution < -0.4 is 11.1 Å². The number of pyridine rings is 1. The first kappa shape index (κ1) is 12.6. The number of carbonyl (C=O) groups is 1. The lowest BCUT2D eigenvalue weighted by molar-refractivity contribution is -0.122. The van der Waals surface area contributed by atoms with Crippen LogP contribution in [0.1, 0.15) is 12.6 Å². The van der Waals surface area contributed by atoms with Gasteiger partial charge in [0.1, 0.15) is 0 Å². The normalized spacial score (nSPS) is 11.8. The molecule has 0 spiro atoms. The summed E-state index contributed by atoms with van der Waals surface area (Å²) in [7, 11) is 0. The highest BCUT2D eigenvalue weighted by atomic mass is 32.1. The van der Waals surface area contributed by atoms with Gasteiger partial charge in [-0.05, 0) is 19.1 Å². The van der Waals surface area contributed by atoms with Crippen LogP contribution in [0.5, 0.6) is 0 Å². The number of thiocarbonyl (C=S) groups is 1. The molecule has 86 valence electrons. The van der Waals surface area contributed by atoms with Crippen molar-refractivity contribution in [2.45, 2.75) is 13.3 Å². The molecule has 0 saturated heterocycles. The van der Waals surface area contributed by atoms with Gasteiger partial charge in [-0.1, -0.05) is 18.3 Å². The summed E-state index contributed by atoms with van der Waals surface area (Å²) < 4.78 is 0. The highest BCUT2D eigenvalue weighted by molar-refractivity contribution is 7.80. The minimum absolute atomic E-state index is 0.136. The maximum Gasteiger partial charge on any atom is 0.229 e. The molecule has 1 aromatic rings. The summed E-state index contributed by atoms with van der Waals surface area (Å²) in [5.41, 5.74) is 6.33. The molecule has 1 rings (SSSR count). The van der Waals surface area contributed by atoms with Crippen LogP contribution in [-0.4, -0.2) is 22.4 Å². The number of nitrogens with zero attached hydrogens (tertiary/aromatic N) is 1. The zero-order valence-corrected chi connectivity index (χ0v) is 9.96. The minimum atomic E-state index is -0.418. The lowest BCUT2D eigenvalue weighted by Crippen LogP contribution is -2.37. The molecular weight excluding hydrogens is 222 g/mol. The van der Waals surface area contributed by atoms with E-state index in [0.29, 0.717) is 13.0 Å². The average Bonchev–Trinajstić information content (AvgIpc) is 2.29. The Morgan fingerprint density at radius 3 is 2.94 bits per heavy atom. The summed E-state index contributed by atoms with van der Waals surface area (Å²) in [6, 6.07) is 5.70. The average molecular weight is 237 g/mol. The predicted molar refractivity (Wildman–Crippen MR) is 66.9 cm³/mol. The van der Waals surface area contributed by atoms with E-state index in [9.17, 15) is 4.79 Å². The fraction of sp³-hybridized carbons (Fsp3) is 0.364. The molecule has 0 aliphatic heterocycles. The number of hydrogen-bond acceptors (Lipinski definition) is 3. The number of nitrogens with one attached hydrogen (secondary N) is 1. The number of amides is 1. The Morgan fingerprint density at radius 1 is 1.62 bits per heavy atom. The number of nitrogens with two attached hydrogens (primary N) is 1. The Balaban J connectivity index is 2.31. The van der Waals surface area contributed by atoms with Crippen LogP contribution in [0.15, 0.2) is 24.4 Å². The van der Waals surface area contributed by atoms with Gasteiger partial charge in [0.25, 0.3) is 0 Å². The van der Waals surface area contributed by atoms with E-state index in [1.54, 1.807) is 13.1 Å². The zero-order valence-electron chi connectivity index (χ0n) is 9.14. The van der Waals surface area contributed by atoms with Crippen LogP contribution in [0.2, 0.25) is 0 Å². The first-order valence-corrected chi connectivity index (χ1v) is 5.49. The molecule has 0 aromatic carbocycles. The Bertz CT molecular complexity index is 367. The van der Waals surface area contributed by atoms with Crippen molar-refractivity contribution in [1.82, 2.24) is 10.3 Å². The molecule has 0 aliphatic rings. The predicted octanol–water partition coefficient (Wildman–Crippen LogP) is 0.663. The van der Waals surface area contributed by atoms with E-state index in [2.05, 4.69) is 10.3 Å². The summed E-state index contributed by atoms with van der Waals surface area (Å²) in [4.78, 5) is 15.8. The van der Waals surface area contributed by atoms with Crippen molar-refractivity contribution in [1.29, 1.82) is 0 Å². The van der Waals surface area contributed by atoms with Crippen molar-refractivity contribution in [3.8, 4) is 0 Å². The molecular formula is C11H15N3OS. The molecule has 1 amide bonds. The number of aromatic nitrogens is 1. The molecule has 0 radical (unpaired) electrons. The van der Waals surface area contributed by atoms with Crippen LogP contribution in [0.3, 0.4) is 0 Å². The lowest BCUT2D eigenvalue weighted by atomic mass is 10.1. The van der Waals surface area contributed by atoms with E-state index < -0.39 is 5.92 Å². The topological polar surface area (TPSA) is 68.0 Å². The third-order valence-electron chi connectivity index (χ3n) is 2.23. The first-order chi connectivity index (χ1) is 7.61. The quantitative estimate of drug-likeness (QED) is 0.738. The zero-order chi connectivity index (χ0) is 12.0. The third kappa shape index (κ3) is 3.94. The molecule has 0 saturated carbocycles. The molecule has 0 aliphatic carbocycles. The van der Waals surface area contributed by atoms with Gasteiger partial charge < -0.3 is 11.1 Å². The molecule has 1 unspecified atom stereocenters. The summed E-state index contributed by atoms with van der Waals surface area (Å²) in [5.74, 6) is -0.554. The van der Waals surface area contributed by atoms with Crippen molar-refractivity contribution in [3.05, 3.63) is 30.1 Å². The third-order valence-corrected chi connectivity index (χ3v) is 2.58. The number of carbonyl (C=O) groups excluding carboxylic acids is 1. The van der Waals surface area contributed by atoms with Crippen LogP contribution in [0, 0.1) is 5.92 Å². The Morgan fingerprint density at radius 2 is 2.38 bits per heavy atom. The maximum absolute atomic E-state index is 11.5. The highest BCUT2D eigenvalue weighted by Crippen LogP contribution is 1.96. The first-order valence-electron chi connectivity index (χ1n) is 5.08. The van der Waals surface area contributed by atoms with Crippen LogP contribution in [0.4, 0.5) is 0 Å². The van der Waals surface area contributed by atoms with Crippen LogP contribution in [-0.2, 0) is 11.2 Å². The van der Waals surface area contributed by atoms with E-state index in [0.717, 1.165) is 5.69 Å². The van der Waals surface area contributed by atoms with Crippen LogP contribution in [0.25, 0.3) is 0 Å². The molecule has 16 heavy (non-hydrogen) atoms. The van der Waals surface area contributed by atoms with Gasteiger partial charge in [0, 0.05) is 24.9 Å². The van der Waals surface area contributed by atoms with Crippen molar-refractivity contribution in [2.24, 2.45) is 11.7 Å². The van der Waals surface area contributed by atoms with Gasteiger partial charge in [-0.2, -0.15) is 0 Å². The summed E-state index contributed by atoms with van der Waals surface area (Å²) >= 11 is 4.74. The molecule has 1 atom stereocenters. The van der Waals surface area contributed by atoms with Crippen molar-refractivity contribution in [3.63, 3.8) is 0 Å². The second kappa shape index (κ2) is 6.17. The molecule has 0 bridgehead atoms. The minimum Gasteiger partial charge on any atom is -0.393 e. The van der Waals surface area contributed by atoms with Crippen molar-refractivity contribution >= 4 is 23.1 Å². The van der Waals surface area contributed by atoms with E-state index >= 15 is 0 Å². The van der Waals surface area contributed by atoms with Crippen LogP contribution >= 0.6 is 12.2 Å². The Kier molecular flexibility index (Phi) is 4.85. The summed E-state index contributed by atoms with van der Waals surface area (Å²) in [5, 5.41) is 2.77. The number of rotatable bonds is 5. The maximum atomic E-state index is 11.5. The highest BCUT2D eigenvalue weighted by Gasteiger charge is 2.14. The fourth-order valence-corrected chi connectivity index (χ4v) is 1.25. The second-order valence-electron chi connectivity index (χ2n) is 3.49. The molecule has 4 nitrogen and oxygen atoms in total.